The summed E-state index contributed by atoms with van der Waals surface area (Å²) in [4.78, 5) is 74.6. The van der Waals surface area contributed by atoms with E-state index >= 15 is 0 Å². The van der Waals surface area contributed by atoms with E-state index in [9.17, 15) is 32.4 Å². The van der Waals surface area contributed by atoms with Crippen LogP contribution in [0.5, 0.6) is 0 Å². The smallest absolute Gasteiger partial charge is 0.410 e. The maximum Gasteiger partial charge on any atom is 0.410 e. The van der Waals surface area contributed by atoms with Gasteiger partial charge >= 0.3 is 12.2 Å². The molecule has 1 unspecified atom stereocenters. The normalized spacial score (nSPS) is 14.7. The number of nitrogen functional groups attached to an aromatic ring is 1. The number of nitrogens with one attached hydrogen (secondary N) is 4. The summed E-state index contributed by atoms with van der Waals surface area (Å²) in [6, 6.07) is 20.3. The molecule has 0 spiro atoms. The lowest BCUT2D eigenvalue weighted by molar-refractivity contribution is -0.133. The fourth-order valence-corrected chi connectivity index (χ4v) is 9.08. The number of benzene rings is 3. The molecule has 23 heteroatoms. The van der Waals surface area contributed by atoms with Gasteiger partial charge in [0.25, 0.3) is 0 Å². The summed E-state index contributed by atoms with van der Waals surface area (Å²) in [5.41, 5.74) is 10.8. The Morgan fingerprint density at radius 2 is 1.43 bits per heavy atom. The average molecular weight is 1120 g/mol. The molecule has 430 valence electrons. The number of hydrogen-bond donors (Lipinski definition) is 5. The zero-order valence-corrected chi connectivity index (χ0v) is 46.9. The van der Waals surface area contributed by atoms with Gasteiger partial charge in [0.15, 0.2) is 27.1 Å². The maximum absolute atomic E-state index is 13.2. The van der Waals surface area contributed by atoms with Crippen molar-refractivity contribution < 1.29 is 60.6 Å². The highest BCUT2D eigenvalue weighted by Gasteiger charge is 2.28. The van der Waals surface area contributed by atoms with Crippen molar-refractivity contribution in [2.75, 3.05) is 64.3 Å². The Hall–Kier alpha value is -7.73. The molecule has 2 heterocycles. The predicted molar refractivity (Wildman–Crippen MR) is 299 cm³/mol. The van der Waals surface area contributed by atoms with Gasteiger partial charge in [-0.25, -0.2) is 28.0 Å². The van der Waals surface area contributed by atoms with Crippen molar-refractivity contribution in [2.24, 2.45) is 5.92 Å². The Kier molecular flexibility index (Phi) is 23.5. The molecule has 0 saturated carbocycles. The molecule has 0 saturated heterocycles. The average Bonchev–Trinajstić information content (AvgIpc) is 3.98. The highest BCUT2D eigenvalue weighted by atomic mass is 32.2. The number of rotatable bonds is 27. The molecule has 0 radical (unpaired) electrons. The molecular weight excluding hydrogens is 1050 g/mol. The van der Waals surface area contributed by atoms with Gasteiger partial charge in [-0.15, -0.1) is 0 Å². The van der Waals surface area contributed by atoms with Crippen LogP contribution >= 0.6 is 0 Å². The molecule has 5 aromatic rings. The predicted octanol–water partition coefficient (Wildman–Crippen LogP) is 7.25. The number of amides is 5. The maximum atomic E-state index is 13.2. The van der Waals surface area contributed by atoms with Gasteiger partial charge in [0.1, 0.15) is 37.1 Å². The number of allylic oxidation sites excluding steroid dienone is 2. The van der Waals surface area contributed by atoms with Crippen LogP contribution in [0.3, 0.4) is 0 Å². The van der Waals surface area contributed by atoms with E-state index in [2.05, 4.69) is 48.5 Å². The summed E-state index contributed by atoms with van der Waals surface area (Å²) in [5.74, 6) is -1.41. The van der Waals surface area contributed by atoms with Crippen LogP contribution in [0.4, 0.5) is 21.1 Å². The Morgan fingerprint density at radius 1 is 0.775 bits per heavy atom. The van der Waals surface area contributed by atoms with E-state index in [0.29, 0.717) is 54.6 Å². The fourth-order valence-electron chi connectivity index (χ4n) is 8.02. The SMILES string of the molecule is CC(C)[C@H](NC(=O)COCCOCCOCCNC(=O)OC1CC/C=C/CCC1)C(=O)N[C@@H](C)C(=O)Nc1ccc(COC(=O)N(C)Cc2ccc(-c3cc(-c4nc(-c5ccc(S(=O)(=O)C(C)C)cc5)cnc4N)on3)cc2)cc1. The Morgan fingerprint density at radius 3 is 2.12 bits per heavy atom. The van der Waals surface area contributed by atoms with Gasteiger partial charge in [-0.1, -0.05) is 79.7 Å². The summed E-state index contributed by atoms with van der Waals surface area (Å²) in [7, 11) is -1.82. The van der Waals surface area contributed by atoms with Crippen molar-refractivity contribution in [2.45, 2.75) is 108 Å². The van der Waals surface area contributed by atoms with Gasteiger partial charge in [-0.05, 0) is 94.2 Å². The van der Waals surface area contributed by atoms with E-state index in [0.717, 1.165) is 43.2 Å². The van der Waals surface area contributed by atoms with Crippen LogP contribution in [0.2, 0.25) is 0 Å². The third-order valence-electron chi connectivity index (χ3n) is 12.7. The Bertz CT molecular complexity index is 2970. The van der Waals surface area contributed by atoms with Gasteiger partial charge in [0.2, 0.25) is 17.7 Å². The third-order valence-corrected chi connectivity index (χ3v) is 14.9. The standard InChI is InChI=1S/C57H73N9O13S/c1-37(2)51(64-50(67)36-76-31-30-75-29-28-74-27-26-59-56(70)78-45-12-10-8-7-9-11-13-45)55(69)61-39(5)54(68)62-44-22-16-41(17-23-44)35-77-57(71)66(6)34-40-14-18-42(19-15-40)47-32-49(79-65-47)52-53(58)60-33-48(63-52)43-20-24-46(25-21-43)80(72,73)38(3)4/h7-8,14-25,32-33,37-39,45,51H,9-13,26-31,34-36H2,1-6H3,(H2,58,60)(H,59,70)(H,61,69)(H,62,68)(H,64,67)/b8-7+/t39-,45?,51-/m0/s1. The van der Waals surface area contributed by atoms with Gasteiger partial charge in [0, 0.05) is 43.0 Å². The van der Waals surface area contributed by atoms with Crippen molar-refractivity contribution in [3.63, 3.8) is 0 Å². The summed E-state index contributed by atoms with van der Waals surface area (Å²) < 4.78 is 58.2. The lowest BCUT2D eigenvalue weighted by Crippen LogP contribution is -2.54. The molecule has 2 aromatic heterocycles. The van der Waals surface area contributed by atoms with E-state index in [1.54, 1.807) is 77.2 Å². The minimum absolute atomic E-state index is 0.0273. The first-order valence-electron chi connectivity index (χ1n) is 26.6. The molecule has 22 nitrogen and oxygen atoms in total. The van der Waals surface area contributed by atoms with Crippen molar-refractivity contribution in [3.05, 3.63) is 108 Å². The second-order valence-corrected chi connectivity index (χ2v) is 22.2. The lowest BCUT2D eigenvalue weighted by atomic mass is 10.0. The van der Waals surface area contributed by atoms with Crippen LogP contribution in [0.1, 0.15) is 77.8 Å². The van der Waals surface area contributed by atoms with Crippen LogP contribution in [0.15, 0.2) is 107 Å². The first-order valence-corrected chi connectivity index (χ1v) is 28.2. The molecule has 80 heavy (non-hydrogen) atoms. The number of alkyl carbamates (subject to hydrolysis) is 1. The van der Waals surface area contributed by atoms with Gasteiger partial charge in [-0.2, -0.15) is 0 Å². The van der Waals surface area contributed by atoms with Crippen molar-refractivity contribution in [1.29, 1.82) is 0 Å². The molecule has 3 aromatic carbocycles. The summed E-state index contributed by atoms with van der Waals surface area (Å²) in [6.45, 7) is 9.82. The molecule has 6 rings (SSSR count). The third kappa shape index (κ3) is 19.0. The molecule has 0 fully saturated rings. The van der Waals surface area contributed by atoms with Crippen LogP contribution in [0.25, 0.3) is 34.0 Å². The number of aromatic nitrogens is 3. The largest absolute Gasteiger partial charge is 0.446 e. The first-order chi connectivity index (χ1) is 38.4. The van der Waals surface area contributed by atoms with Crippen LogP contribution in [-0.2, 0) is 61.1 Å². The number of nitrogens with two attached hydrogens (primary N) is 1. The van der Waals surface area contributed by atoms with Crippen molar-refractivity contribution in [1.82, 2.24) is 36.0 Å². The molecule has 1 aliphatic carbocycles. The van der Waals surface area contributed by atoms with Crippen LogP contribution < -0.4 is 27.0 Å². The summed E-state index contributed by atoms with van der Waals surface area (Å²) >= 11 is 0. The number of hydrogen-bond acceptors (Lipinski definition) is 17. The fraction of sp³-hybridized carbons (Fsp3) is 0.439. The number of sulfone groups is 1. The van der Waals surface area contributed by atoms with E-state index in [-0.39, 0.29) is 67.2 Å². The van der Waals surface area contributed by atoms with Gasteiger partial charge in [0.05, 0.1) is 55.1 Å². The summed E-state index contributed by atoms with van der Waals surface area (Å²) in [5, 5.41) is 14.5. The monoisotopic (exact) mass is 1120 g/mol. The minimum Gasteiger partial charge on any atom is -0.446 e. The number of ether oxygens (including phenoxy) is 5. The number of carbonyl (C=O) groups excluding carboxylic acids is 5. The van der Waals surface area contributed by atoms with Crippen LogP contribution in [0, 0.1) is 5.92 Å². The number of anilines is 2. The molecule has 3 atom stereocenters. The highest BCUT2D eigenvalue weighted by Crippen LogP contribution is 2.31. The Balaban J connectivity index is 0.844. The molecule has 0 aliphatic heterocycles. The zero-order valence-electron chi connectivity index (χ0n) is 46.1. The van der Waals surface area contributed by atoms with E-state index < -0.39 is 57.1 Å². The summed E-state index contributed by atoms with van der Waals surface area (Å²) in [6.07, 6.45) is 9.31. The van der Waals surface area contributed by atoms with Gasteiger partial charge in [-0.3, -0.25) is 14.4 Å². The zero-order chi connectivity index (χ0) is 57.6. The lowest BCUT2D eigenvalue weighted by Gasteiger charge is -2.24. The number of nitrogens with zero attached hydrogens (tertiary/aromatic N) is 4. The second kappa shape index (κ2) is 30.6. The van der Waals surface area contributed by atoms with Crippen molar-refractivity contribution >= 4 is 51.3 Å². The second-order valence-electron chi connectivity index (χ2n) is 19.7. The minimum atomic E-state index is -3.44. The van der Waals surface area contributed by atoms with Crippen molar-refractivity contribution in [3.8, 4) is 34.0 Å². The Labute approximate surface area is 466 Å². The molecule has 5 amide bonds. The number of carbonyl (C=O) groups is 5. The highest BCUT2D eigenvalue weighted by molar-refractivity contribution is 7.92. The van der Waals surface area contributed by atoms with E-state index in [4.69, 9.17) is 33.9 Å². The molecule has 6 N–H and O–H groups in total. The quantitative estimate of drug-likeness (QED) is 0.0255. The van der Waals surface area contributed by atoms with Crippen LogP contribution in [-0.4, -0.2) is 135 Å². The molecule has 0 bridgehead atoms. The molecule has 1 aliphatic rings. The first kappa shape index (κ1) is 61.5. The topological polar surface area (TPSA) is 295 Å². The van der Waals surface area contributed by atoms with E-state index in [1.165, 1.54) is 30.2 Å². The molecular formula is C57H73N9O13S. The van der Waals surface area contributed by atoms with Gasteiger partial charge < -0.3 is 60.1 Å². The van der Waals surface area contributed by atoms with E-state index in [1.807, 2.05) is 24.3 Å².